The third-order valence-electron chi connectivity index (χ3n) is 3.41. The maximum atomic E-state index is 11.9. The number of urea groups is 1. The Bertz CT molecular complexity index is 528. The molecule has 1 aromatic heterocycles. The smallest absolute Gasteiger partial charge is 0.320 e. The highest BCUT2D eigenvalue weighted by molar-refractivity contribution is 5.88. The first-order chi connectivity index (χ1) is 10.3. The summed E-state index contributed by atoms with van der Waals surface area (Å²) in [6.45, 7) is 0.0486. The molecule has 2 amide bonds. The van der Waals surface area contributed by atoms with Gasteiger partial charge in [-0.1, -0.05) is 31.1 Å². The number of rotatable bonds is 3. The molecule has 1 saturated carbocycles. The molecule has 1 aromatic rings. The van der Waals surface area contributed by atoms with E-state index in [2.05, 4.69) is 27.5 Å². The molecule has 0 atom stereocenters. The van der Waals surface area contributed by atoms with Crippen LogP contribution < -0.4 is 10.6 Å². The van der Waals surface area contributed by atoms with E-state index in [0.29, 0.717) is 12.2 Å². The van der Waals surface area contributed by atoms with Gasteiger partial charge in [-0.3, -0.25) is 5.32 Å². The van der Waals surface area contributed by atoms with Crippen molar-refractivity contribution in [1.82, 2.24) is 10.3 Å². The molecule has 0 aromatic carbocycles. The van der Waals surface area contributed by atoms with Gasteiger partial charge in [0.05, 0.1) is 6.61 Å². The van der Waals surface area contributed by atoms with E-state index in [4.69, 9.17) is 5.11 Å². The zero-order chi connectivity index (χ0) is 14.9. The molecular formula is C16H21N3O2. The molecule has 2 rings (SSSR count). The molecule has 0 saturated heterocycles. The van der Waals surface area contributed by atoms with Crippen molar-refractivity contribution in [2.75, 3.05) is 11.9 Å². The Balaban J connectivity index is 1.88. The molecule has 0 spiro atoms. The van der Waals surface area contributed by atoms with Crippen molar-refractivity contribution in [3.63, 3.8) is 0 Å². The number of aliphatic hydroxyl groups is 1. The van der Waals surface area contributed by atoms with Crippen molar-refractivity contribution in [2.45, 2.75) is 44.6 Å². The molecule has 3 N–H and O–H groups in total. The van der Waals surface area contributed by atoms with E-state index in [1.807, 2.05) is 0 Å². The monoisotopic (exact) mass is 287 g/mol. The number of aliphatic hydroxyl groups excluding tert-OH is 1. The van der Waals surface area contributed by atoms with Crippen LogP contribution in [0.25, 0.3) is 0 Å². The number of nitrogens with zero attached hydrogens (tertiary/aromatic N) is 1. The summed E-state index contributed by atoms with van der Waals surface area (Å²) < 4.78 is 0. The van der Waals surface area contributed by atoms with Crippen LogP contribution in [0.3, 0.4) is 0 Å². The van der Waals surface area contributed by atoms with Crippen molar-refractivity contribution >= 4 is 11.8 Å². The van der Waals surface area contributed by atoms with Gasteiger partial charge in [-0.25, -0.2) is 9.78 Å². The van der Waals surface area contributed by atoms with Crippen molar-refractivity contribution in [3.8, 4) is 11.8 Å². The molecule has 0 aliphatic heterocycles. The summed E-state index contributed by atoms with van der Waals surface area (Å²) in [5.41, 5.74) is 0.770. The number of pyridine rings is 1. The number of amides is 2. The van der Waals surface area contributed by atoms with Crippen LogP contribution >= 0.6 is 0 Å². The van der Waals surface area contributed by atoms with Crippen LogP contribution in [-0.4, -0.2) is 28.8 Å². The van der Waals surface area contributed by atoms with Gasteiger partial charge < -0.3 is 10.4 Å². The topological polar surface area (TPSA) is 74.2 Å². The molecule has 1 aliphatic carbocycles. The zero-order valence-corrected chi connectivity index (χ0v) is 12.1. The van der Waals surface area contributed by atoms with Crippen molar-refractivity contribution in [2.24, 2.45) is 0 Å². The van der Waals surface area contributed by atoms with Crippen LogP contribution in [-0.2, 0) is 0 Å². The lowest BCUT2D eigenvalue weighted by Crippen LogP contribution is -2.39. The molecule has 112 valence electrons. The lowest BCUT2D eigenvalue weighted by atomic mass is 9.96. The maximum Gasteiger partial charge on any atom is 0.320 e. The van der Waals surface area contributed by atoms with Crippen LogP contribution in [0.2, 0.25) is 0 Å². The van der Waals surface area contributed by atoms with Gasteiger partial charge in [-0.05, 0) is 25.0 Å². The minimum atomic E-state index is -0.213. The standard InChI is InChI=1S/C16H21N3O2/c20-11-5-4-6-13-9-10-17-15(12-13)19-16(21)18-14-7-2-1-3-8-14/h9-10,12,14,20H,1-3,5,7-8,11H2,(H2,17,18,19,21). The average Bonchev–Trinajstić information content (AvgIpc) is 2.49. The largest absolute Gasteiger partial charge is 0.395 e. The Morgan fingerprint density at radius 2 is 2.19 bits per heavy atom. The fourth-order valence-corrected chi connectivity index (χ4v) is 2.38. The molecule has 1 fully saturated rings. The van der Waals surface area contributed by atoms with Crippen LogP contribution in [0.1, 0.15) is 44.1 Å². The molecule has 21 heavy (non-hydrogen) atoms. The minimum absolute atomic E-state index is 0.0486. The lowest BCUT2D eigenvalue weighted by molar-refractivity contribution is 0.244. The summed E-state index contributed by atoms with van der Waals surface area (Å²) in [7, 11) is 0. The number of hydrogen-bond donors (Lipinski definition) is 3. The van der Waals surface area contributed by atoms with E-state index in [9.17, 15) is 4.79 Å². The molecular weight excluding hydrogens is 266 g/mol. The normalized spacial score (nSPS) is 14.9. The molecule has 1 aliphatic rings. The summed E-state index contributed by atoms with van der Waals surface area (Å²) in [4.78, 5) is 16.0. The summed E-state index contributed by atoms with van der Waals surface area (Å²) >= 11 is 0. The van der Waals surface area contributed by atoms with Gasteiger partial charge >= 0.3 is 6.03 Å². The fraction of sp³-hybridized carbons (Fsp3) is 0.500. The van der Waals surface area contributed by atoms with Gasteiger partial charge in [-0.15, -0.1) is 0 Å². The number of anilines is 1. The van der Waals surface area contributed by atoms with Crippen molar-refractivity contribution in [3.05, 3.63) is 23.9 Å². The lowest BCUT2D eigenvalue weighted by Gasteiger charge is -2.22. The molecule has 5 heteroatoms. The fourth-order valence-electron chi connectivity index (χ4n) is 2.38. The summed E-state index contributed by atoms with van der Waals surface area (Å²) in [6.07, 6.45) is 7.77. The molecule has 1 heterocycles. The highest BCUT2D eigenvalue weighted by Crippen LogP contribution is 2.17. The van der Waals surface area contributed by atoms with Crippen molar-refractivity contribution < 1.29 is 9.90 Å². The van der Waals surface area contributed by atoms with Gasteiger partial charge in [0.2, 0.25) is 0 Å². The van der Waals surface area contributed by atoms with Crippen molar-refractivity contribution in [1.29, 1.82) is 0 Å². The van der Waals surface area contributed by atoms with Gasteiger partial charge in [-0.2, -0.15) is 0 Å². The number of nitrogens with one attached hydrogen (secondary N) is 2. The van der Waals surface area contributed by atoms with Crippen LogP contribution in [0.5, 0.6) is 0 Å². The third kappa shape index (κ3) is 5.44. The Hall–Kier alpha value is -2.06. The van der Waals surface area contributed by atoms with Gasteiger partial charge in [0.15, 0.2) is 0 Å². The van der Waals surface area contributed by atoms with E-state index < -0.39 is 0 Å². The van der Waals surface area contributed by atoms with E-state index in [1.165, 1.54) is 19.3 Å². The second kappa shape index (κ2) is 8.28. The quantitative estimate of drug-likeness (QED) is 0.747. The Kier molecular flexibility index (Phi) is 6.04. The third-order valence-corrected chi connectivity index (χ3v) is 3.41. The summed E-state index contributed by atoms with van der Waals surface area (Å²) in [6, 6.07) is 3.56. The van der Waals surface area contributed by atoms with Crippen LogP contribution in [0.15, 0.2) is 18.3 Å². The van der Waals surface area contributed by atoms with Crippen LogP contribution in [0.4, 0.5) is 10.6 Å². The Morgan fingerprint density at radius 1 is 1.38 bits per heavy atom. The number of hydrogen-bond acceptors (Lipinski definition) is 3. The van der Waals surface area contributed by atoms with E-state index in [-0.39, 0.29) is 18.7 Å². The number of carbonyl (C=O) groups excluding carboxylic acids is 1. The molecule has 0 bridgehead atoms. The molecule has 5 nitrogen and oxygen atoms in total. The first-order valence-electron chi connectivity index (χ1n) is 7.41. The second-order valence-electron chi connectivity index (χ2n) is 5.14. The first-order valence-corrected chi connectivity index (χ1v) is 7.41. The zero-order valence-electron chi connectivity index (χ0n) is 12.1. The molecule has 0 radical (unpaired) electrons. The van der Waals surface area contributed by atoms with E-state index in [0.717, 1.165) is 18.4 Å². The highest BCUT2D eigenvalue weighted by Gasteiger charge is 2.15. The molecule has 0 unspecified atom stereocenters. The van der Waals surface area contributed by atoms with Crippen LogP contribution in [0, 0.1) is 11.8 Å². The first kappa shape index (κ1) is 15.3. The summed E-state index contributed by atoms with van der Waals surface area (Å²) in [5, 5.41) is 14.4. The summed E-state index contributed by atoms with van der Waals surface area (Å²) in [5.74, 6) is 6.25. The number of carbonyl (C=O) groups is 1. The van der Waals surface area contributed by atoms with Gasteiger partial charge in [0.25, 0.3) is 0 Å². The van der Waals surface area contributed by atoms with Gasteiger partial charge in [0.1, 0.15) is 5.82 Å². The predicted octanol–water partition coefficient (Wildman–Crippen LogP) is 2.27. The maximum absolute atomic E-state index is 11.9. The number of aromatic nitrogens is 1. The SMILES string of the molecule is O=C(Nc1cc(C#CCCO)ccn1)NC1CCCCC1. The van der Waals surface area contributed by atoms with E-state index >= 15 is 0 Å². The second-order valence-corrected chi connectivity index (χ2v) is 5.14. The van der Waals surface area contributed by atoms with E-state index in [1.54, 1.807) is 18.3 Å². The average molecular weight is 287 g/mol. The highest BCUT2D eigenvalue weighted by atomic mass is 16.2. The Morgan fingerprint density at radius 3 is 2.95 bits per heavy atom. The predicted molar refractivity (Wildman–Crippen MR) is 81.8 cm³/mol. The van der Waals surface area contributed by atoms with Gasteiger partial charge in [0, 0.05) is 24.2 Å². The minimum Gasteiger partial charge on any atom is -0.395 e. The Labute approximate surface area is 125 Å².